The highest BCUT2D eigenvalue weighted by atomic mass is 32.2. The Labute approximate surface area is 172 Å². The monoisotopic (exact) mass is 418 g/mol. The van der Waals surface area contributed by atoms with Gasteiger partial charge in [0.2, 0.25) is 10.0 Å². The van der Waals surface area contributed by atoms with Crippen LogP contribution in [0, 0.1) is 17.7 Å². The zero-order valence-corrected chi connectivity index (χ0v) is 17.6. The maximum absolute atomic E-state index is 13.6. The molecule has 1 aliphatic rings. The Bertz CT molecular complexity index is 950. The molecular formula is C22H27FN2O3S. The van der Waals surface area contributed by atoms with E-state index in [9.17, 15) is 17.6 Å². The molecule has 1 aliphatic heterocycles. The number of nitrogens with zero attached hydrogens (tertiary/aromatic N) is 1. The van der Waals surface area contributed by atoms with E-state index in [0.29, 0.717) is 49.0 Å². The van der Waals surface area contributed by atoms with Gasteiger partial charge in [-0.1, -0.05) is 32.0 Å². The molecule has 0 aromatic heterocycles. The van der Waals surface area contributed by atoms with Crippen LogP contribution in [0.3, 0.4) is 0 Å². The van der Waals surface area contributed by atoms with Crippen molar-refractivity contribution in [3.63, 3.8) is 0 Å². The van der Waals surface area contributed by atoms with E-state index in [1.54, 1.807) is 18.2 Å². The molecule has 7 heteroatoms. The fourth-order valence-corrected chi connectivity index (χ4v) is 5.52. The Morgan fingerprint density at radius 2 is 1.69 bits per heavy atom. The Hall–Kier alpha value is -2.25. The molecule has 1 fully saturated rings. The van der Waals surface area contributed by atoms with Crippen molar-refractivity contribution in [1.82, 2.24) is 9.62 Å². The number of hydrogen-bond acceptors (Lipinski definition) is 3. The Morgan fingerprint density at radius 1 is 1.07 bits per heavy atom. The minimum Gasteiger partial charge on any atom is -0.352 e. The average Bonchev–Trinajstić information content (AvgIpc) is 2.68. The Morgan fingerprint density at radius 3 is 2.31 bits per heavy atom. The molecule has 1 saturated heterocycles. The maximum Gasteiger partial charge on any atom is 0.251 e. The molecule has 29 heavy (non-hydrogen) atoms. The minimum absolute atomic E-state index is 0.196. The zero-order chi connectivity index (χ0) is 21.0. The zero-order valence-electron chi connectivity index (χ0n) is 16.8. The highest BCUT2D eigenvalue weighted by Crippen LogP contribution is 2.26. The fourth-order valence-electron chi connectivity index (χ4n) is 3.84. The number of carbonyl (C=O) groups excluding carboxylic acids is 1. The third kappa shape index (κ3) is 5.22. The van der Waals surface area contributed by atoms with Gasteiger partial charge in [-0.2, -0.15) is 4.31 Å². The van der Waals surface area contributed by atoms with E-state index < -0.39 is 10.0 Å². The van der Waals surface area contributed by atoms with Crippen LogP contribution in [0.15, 0.2) is 53.4 Å². The van der Waals surface area contributed by atoms with Gasteiger partial charge in [-0.15, -0.1) is 0 Å². The summed E-state index contributed by atoms with van der Waals surface area (Å²) in [4.78, 5) is 12.5. The second kappa shape index (κ2) is 9.05. The topological polar surface area (TPSA) is 66.5 Å². The lowest BCUT2D eigenvalue weighted by molar-refractivity contribution is 0.0954. The molecule has 3 rings (SSSR count). The first-order chi connectivity index (χ1) is 13.8. The third-order valence-electron chi connectivity index (χ3n) is 5.23. The summed E-state index contributed by atoms with van der Waals surface area (Å²) < 4.78 is 41.0. The van der Waals surface area contributed by atoms with Crippen molar-refractivity contribution in [2.45, 2.75) is 31.6 Å². The van der Waals surface area contributed by atoms with Crippen molar-refractivity contribution >= 4 is 15.9 Å². The van der Waals surface area contributed by atoms with Crippen LogP contribution in [0.5, 0.6) is 0 Å². The van der Waals surface area contributed by atoms with Crippen LogP contribution in [0.2, 0.25) is 0 Å². The molecule has 2 atom stereocenters. The lowest BCUT2D eigenvalue weighted by Gasteiger charge is -2.34. The maximum atomic E-state index is 13.6. The van der Waals surface area contributed by atoms with Crippen molar-refractivity contribution in [3.8, 4) is 0 Å². The number of rotatable bonds is 6. The highest BCUT2D eigenvalue weighted by molar-refractivity contribution is 7.89. The molecule has 1 N–H and O–H groups in total. The minimum atomic E-state index is -3.57. The molecule has 2 aromatic carbocycles. The van der Waals surface area contributed by atoms with Crippen LogP contribution in [0.25, 0.3) is 0 Å². The molecule has 0 radical (unpaired) electrons. The summed E-state index contributed by atoms with van der Waals surface area (Å²) in [6, 6.07) is 12.4. The smallest absolute Gasteiger partial charge is 0.251 e. The number of carbonyl (C=O) groups is 1. The predicted octanol–water partition coefficient (Wildman–Crippen LogP) is 3.46. The van der Waals surface area contributed by atoms with E-state index in [0.717, 1.165) is 6.42 Å². The number of halogens is 1. The third-order valence-corrected chi connectivity index (χ3v) is 7.07. The van der Waals surface area contributed by atoms with E-state index in [4.69, 9.17) is 0 Å². The number of amides is 1. The lowest BCUT2D eigenvalue weighted by Crippen LogP contribution is -2.42. The van der Waals surface area contributed by atoms with E-state index in [1.807, 2.05) is 0 Å². The van der Waals surface area contributed by atoms with Crippen LogP contribution in [-0.4, -0.2) is 38.3 Å². The van der Waals surface area contributed by atoms with Crippen LogP contribution in [-0.2, 0) is 16.4 Å². The standard InChI is InChI=1S/C22H27FN2O3S/c1-16-13-17(2)15-25(14-16)29(27,28)20-9-7-19(8-10-20)22(26)24-12-11-18-5-3-4-6-21(18)23/h3-10,16-17H,11-15H2,1-2H3,(H,24,26)/t16-,17-/m1/s1. The average molecular weight is 419 g/mol. The van der Waals surface area contributed by atoms with Crippen LogP contribution >= 0.6 is 0 Å². The first kappa shape index (κ1) is 21.5. The first-order valence-corrected chi connectivity index (χ1v) is 11.3. The van der Waals surface area contributed by atoms with Crippen LogP contribution < -0.4 is 5.32 Å². The summed E-state index contributed by atoms with van der Waals surface area (Å²) in [6.45, 7) is 5.46. The van der Waals surface area contributed by atoms with Crippen molar-refractivity contribution in [1.29, 1.82) is 0 Å². The van der Waals surface area contributed by atoms with Gasteiger partial charge in [0, 0.05) is 25.2 Å². The first-order valence-electron chi connectivity index (χ1n) is 9.89. The molecule has 0 saturated carbocycles. The fraction of sp³-hybridized carbons (Fsp3) is 0.409. The molecule has 156 valence electrons. The van der Waals surface area contributed by atoms with Crippen molar-refractivity contribution in [2.24, 2.45) is 11.8 Å². The molecule has 1 amide bonds. The van der Waals surface area contributed by atoms with Crippen LogP contribution in [0.1, 0.15) is 36.2 Å². The van der Waals surface area contributed by atoms with Gasteiger partial charge in [0.25, 0.3) is 5.91 Å². The summed E-state index contributed by atoms with van der Waals surface area (Å²) >= 11 is 0. The summed E-state index contributed by atoms with van der Waals surface area (Å²) in [5.41, 5.74) is 0.914. The van der Waals surface area contributed by atoms with E-state index in [1.165, 1.54) is 34.6 Å². The Balaban J connectivity index is 1.61. The summed E-state index contributed by atoms with van der Waals surface area (Å²) in [7, 11) is -3.57. The van der Waals surface area contributed by atoms with Gasteiger partial charge >= 0.3 is 0 Å². The van der Waals surface area contributed by atoms with Crippen LogP contribution in [0.4, 0.5) is 4.39 Å². The number of sulfonamides is 1. The summed E-state index contributed by atoms with van der Waals surface area (Å²) in [5, 5.41) is 2.74. The number of nitrogens with one attached hydrogen (secondary N) is 1. The second-order valence-corrected chi connectivity index (χ2v) is 9.83. The number of hydrogen-bond donors (Lipinski definition) is 1. The quantitative estimate of drug-likeness (QED) is 0.781. The molecule has 2 aromatic rings. The van der Waals surface area contributed by atoms with Gasteiger partial charge in [-0.05, 0) is 60.6 Å². The van der Waals surface area contributed by atoms with Crippen molar-refractivity contribution in [3.05, 3.63) is 65.5 Å². The normalized spacial score (nSPS) is 20.4. The lowest BCUT2D eigenvalue weighted by atomic mass is 9.94. The van der Waals surface area contributed by atoms with Crippen molar-refractivity contribution in [2.75, 3.05) is 19.6 Å². The molecule has 1 heterocycles. The van der Waals surface area contributed by atoms with Gasteiger partial charge in [0.1, 0.15) is 5.82 Å². The highest BCUT2D eigenvalue weighted by Gasteiger charge is 2.31. The largest absolute Gasteiger partial charge is 0.352 e. The van der Waals surface area contributed by atoms with Gasteiger partial charge in [-0.25, -0.2) is 12.8 Å². The number of piperidine rings is 1. The molecule has 0 bridgehead atoms. The second-order valence-electron chi connectivity index (χ2n) is 7.89. The van der Waals surface area contributed by atoms with Gasteiger partial charge in [0.15, 0.2) is 0 Å². The van der Waals surface area contributed by atoms with E-state index in [2.05, 4.69) is 19.2 Å². The van der Waals surface area contributed by atoms with E-state index >= 15 is 0 Å². The SMILES string of the molecule is C[C@@H]1C[C@@H](C)CN(S(=O)(=O)c2ccc(C(=O)NCCc3ccccc3F)cc2)C1. The summed E-state index contributed by atoms with van der Waals surface area (Å²) in [5.74, 6) is 0.0456. The predicted molar refractivity (Wildman–Crippen MR) is 111 cm³/mol. The molecule has 5 nitrogen and oxygen atoms in total. The molecule has 0 spiro atoms. The summed E-state index contributed by atoms with van der Waals surface area (Å²) in [6.07, 6.45) is 1.41. The molecule has 0 unspecified atom stereocenters. The Kier molecular flexibility index (Phi) is 6.70. The van der Waals surface area contributed by atoms with Gasteiger partial charge in [0.05, 0.1) is 4.90 Å². The van der Waals surface area contributed by atoms with E-state index in [-0.39, 0.29) is 16.6 Å². The number of benzene rings is 2. The molecular weight excluding hydrogens is 391 g/mol. The van der Waals surface area contributed by atoms with Crippen molar-refractivity contribution < 1.29 is 17.6 Å². The van der Waals surface area contributed by atoms with Gasteiger partial charge < -0.3 is 5.32 Å². The molecule has 0 aliphatic carbocycles. The van der Waals surface area contributed by atoms with Gasteiger partial charge in [-0.3, -0.25) is 4.79 Å².